The molecule has 0 saturated carbocycles. The minimum Gasteiger partial charge on any atom is -0.307 e. The summed E-state index contributed by atoms with van der Waals surface area (Å²) in [5.74, 6) is 0. The van der Waals surface area contributed by atoms with Crippen LogP contribution in [0.4, 0.5) is 0 Å². The van der Waals surface area contributed by atoms with Crippen molar-refractivity contribution in [1.82, 2.24) is 9.13 Å². The molecule has 0 unspecified atom stereocenters. The van der Waals surface area contributed by atoms with E-state index in [0.29, 0.717) is 0 Å². The maximum atomic E-state index is 2.50. The molecule has 0 fully saturated rings. The molecule has 0 bridgehead atoms. The highest BCUT2D eigenvalue weighted by atomic mass is 15.0. The van der Waals surface area contributed by atoms with Crippen LogP contribution >= 0.6 is 0 Å². The first-order valence-electron chi connectivity index (χ1n) is 16.5. The van der Waals surface area contributed by atoms with E-state index in [0.717, 1.165) is 11.4 Å². The van der Waals surface area contributed by atoms with Crippen LogP contribution in [0.2, 0.25) is 0 Å². The van der Waals surface area contributed by atoms with Crippen LogP contribution in [-0.4, -0.2) is 9.13 Å². The Morgan fingerprint density at radius 3 is 1.46 bits per heavy atom. The molecule has 2 heteroatoms. The molecule has 0 atom stereocenters. The lowest BCUT2D eigenvalue weighted by Crippen LogP contribution is -1.98. The van der Waals surface area contributed by atoms with Gasteiger partial charge in [0.05, 0.1) is 22.1 Å². The molecule has 0 radical (unpaired) electrons. The van der Waals surface area contributed by atoms with Crippen molar-refractivity contribution in [2.45, 2.75) is 0 Å². The average molecular weight is 611 g/mol. The fourth-order valence-electron chi connectivity index (χ4n) is 7.81. The van der Waals surface area contributed by atoms with Crippen molar-refractivity contribution in [3.63, 3.8) is 0 Å². The van der Waals surface area contributed by atoms with Crippen molar-refractivity contribution in [3.8, 4) is 33.6 Å². The molecule has 10 aromatic rings. The van der Waals surface area contributed by atoms with Crippen LogP contribution in [0, 0.1) is 0 Å². The Kier molecular flexibility index (Phi) is 5.91. The van der Waals surface area contributed by atoms with E-state index in [1.165, 1.54) is 76.6 Å². The van der Waals surface area contributed by atoms with Gasteiger partial charge >= 0.3 is 0 Å². The van der Waals surface area contributed by atoms with Crippen molar-refractivity contribution in [1.29, 1.82) is 0 Å². The molecule has 0 aliphatic carbocycles. The first-order valence-corrected chi connectivity index (χ1v) is 16.5. The molecule has 8 aromatic carbocycles. The molecule has 0 aliphatic rings. The topological polar surface area (TPSA) is 9.86 Å². The van der Waals surface area contributed by atoms with Crippen LogP contribution in [0.5, 0.6) is 0 Å². The second kappa shape index (κ2) is 10.6. The van der Waals surface area contributed by atoms with Gasteiger partial charge in [-0.1, -0.05) is 146 Å². The summed E-state index contributed by atoms with van der Waals surface area (Å²) in [5, 5.41) is 7.55. The fourth-order valence-corrected chi connectivity index (χ4v) is 7.81. The Morgan fingerprint density at radius 1 is 0.292 bits per heavy atom. The zero-order chi connectivity index (χ0) is 31.6. The predicted octanol–water partition coefficient (Wildman–Crippen LogP) is 12.4. The summed E-state index contributed by atoms with van der Waals surface area (Å²) in [5.41, 5.74) is 12.0. The average Bonchev–Trinajstić information content (AvgIpc) is 3.68. The second-order valence-corrected chi connectivity index (χ2v) is 12.5. The molecule has 10 rings (SSSR count). The monoisotopic (exact) mass is 610 g/mol. The smallest absolute Gasteiger partial charge is 0.0789 e. The summed E-state index contributed by atoms with van der Waals surface area (Å²) < 4.78 is 4.99. The molecule has 0 spiro atoms. The van der Waals surface area contributed by atoms with Gasteiger partial charge in [-0.2, -0.15) is 0 Å². The Morgan fingerprint density at radius 2 is 0.792 bits per heavy atom. The minimum absolute atomic E-state index is 1.15. The van der Waals surface area contributed by atoms with Crippen molar-refractivity contribution in [3.05, 3.63) is 182 Å². The van der Waals surface area contributed by atoms with E-state index >= 15 is 0 Å². The van der Waals surface area contributed by atoms with Gasteiger partial charge in [-0.05, 0) is 69.4 Å². The molecule has 2 heterocycles. The van der Waals surface area contributed by atoms with E-state index in [4.69, 9.17) is 0 Å². The number of benzene rings is 8. The largest absolute Gasteiger partial charge is 0.307 e. The van der Waals surface area contributed by atoms with Crippen LogP contribution in [0.3, 0.4) is 0 Å². The summed E-state index contributed by atoms with van der Waals surface area (Å²) in [7, 11) is 0. The van der Waals surface area contributed by atoms with Crippen LogP contribution in [-0.2, 0) is 0 Å². The van der Waals surface area contributed by atoms with E-state index in [-0.39, 0.29) is 0 Å². The second-order valence-electron chi connectivity index (χ2n) is 12.5. The van der Waals surface area contributed by atoms with E-state index < -0.39 is 0 Å². The third-order valence-electron chi connectivity index (χ3n) is 9.88. The lowest BCUT2D eigenvalue weighted by atomic mass is 9.94. The first-order chi connectivity index (χ1) is 23.8. The molecule has 224 valence electrons. The Hall–Kier alpha value is -6.38. The number of rotatable bonds is 4. The maximum absolute atomic E-state index is 2.50. The number of hydrogen-bond acceptors (Lipinski definition) is 0. The zero-order valence-electron chi connectivity index (χ0n) is 26.2. The minimum atomic E-state index is 1.15. The van der Waals surface area contributed by atoms with Crippen LogP contribution in [0.15, 0.2) is 182 Å². The Bertz CT molecular complexity index is 2790. The van der Waals surface area contributed by atoms with Crippen molar-refractivity contribution in [2.75, 3.05) is 0 Å². The molecule has 0 saturated heterocycles. The normalized spacial score (nSPS) is 11.8. The molecule has 2 aromatic heterocycles. The molecule has 2 nitrogen and oxygen atoms in total. The van der Waals surface area contributed by atoms with E-state index in [2.05, 4.69) is 191 Å². The molecular formula is C46H30N2. The van der Waals surface area contributed by atoms with Crippen molar-refractivity contribution >= 4 is 54.4 Å². The van der Waals surface area contributed by atoms with Gasteiger partial charge in [0.25, 0.3) is 0 Å². The third-order valence-corrected chi connectivity index (χ3v) is 9.88. The van der Waals surface area contributed by atoms with Gasteiger partial charge in [0.15, 0.2) is 0 Å². The maximum Gasteiger partial charge on any atom is 0.0789 e. The summed E-state index contributed by atoms with van der Waals surface area (Å²) in [6, 6.07) is 66.1. The highest BCUT2D eigenvalue weighted by Gasteiger charge is 2.23. The quantitative estimate of drug-likeness (QED) is 0.188. The molecule has 0 aliphatic heterocycles. The number of hydrogen-bond donors (Lipinski definition) is 0. The Balaban J connectivity index is 1.45. The van der Waals surface area contributed by atoms with E-state index in [1.54, 1.807) is 0 Å². The number of aromatic nitrogens is 2. The molecular weight excluding hydrogens is 581 g/mol. The van der Waals surface area contributed by atoms with Gasteiger partial charge in [0, 0.05) is 32.9 Å². The van der Waals surface area contributed by atoms with Crippen molar-refractivity contribution < 1.29 is 0 Å². The number of para-hydroxylation sites is 2. The van der Waals surface area contributed by atoms with Gasteiger partial charge in [0.2, 0.25) is 0 Å². The van der Waals surface area contributed by atoms with Crippen LogP contribution in [0.25, 0.3) is 88.0 Å². The predicted molar refractivity (Wildman–Crippen MR) is 203 cm³/mol. The highest BCUT2D eigenvalue weighted by Crippen LogP contribution is 2.46. The summed E-state index contributed by atoms with van der Waals surface area (Å²) >= 11 is 0. The zero-order valence-corrected chi connectivity index (χ0v) is 26.2. The summed E-state index contributed by atoms with van der Waals surface area (Å²) in [6.07, 6.45) is 0. The van der Waals surface area contributed by atoms with Gasteiger partial charge in [-0.15, -0.1) is 0 Å². The van der Waals surface area contributed by atoms with Crippen LogP contribution < -0.4 is 0 Å². The number of nitrogens with zero attached hydrogens (tertiary/aromatic N) is 2. The SMILES string of the molecule is c1ccc(-c2ccc3c4ccc5c6c7ccccc7c(-c7ccccc7)cc6n(-c6ccccc6)c5c4n(-c4ccccc4)c3c2)cc1. The summed E-state index contributed by atoms with van der Waals surface area (Å²) in [4.78, 5) is 0. The van der Waals surface area contributed by atoms with Gasteiger partial charge < -0.3 is 9.13 Å². The summed E-state index contributed by atoms with van der Waals surface area (Å²) in [6.45, 7) is 0. The highest BCUT2D eigenvalue weighted by molar-refractivity contribution is 6.30. The van der Waals surface area contributed by atoms with Gasteiger partial charge in [-0.3, -0.25) is 0 Å². The lowest BCUT2D eigenvalue weighted by molar-refractivity contribution is 1.15. The van der Waals surface area contributed by atoms with Gasteiger partial charge in [-0.25, -0.2) is 0 Å². The number of fused-ring (bicyclic) bond motifs is 9. The van der Waals surface area contributed by atoms with Gasteiger partial charge in [0.1, 0.15) is 0 Å². The molecule has 0 amide bonds. The van der Waals surface area contributed by atoms with E-state index in [9.17, 15) is 0 Å². The van der Waals surface area contributed by atoms with Crippen molar-refractivity contribution in [2.24, 2.45) is 0 Å². The third kappa shape index (κ3) is 3.93. The van der Waals surface area contributed by atoms with E-state index in [1.807, 2.05) is 0 Å². The Labute approximate surface area is 278 Å². The standard InChI is InChI=1S/C46H30N2/c1-5-15-31(16-6-1)33-25-26-37-39-27-28-40-44-38-24-14-13-23-36(38)41(32-17-7-2-8-18-32)30-43(44)48(35-21-11-4-12-22-35)46(40)45(39)47(42(37)29-33)34-19-9-3-10-20-34/h1-30H. The molecule has 0 N–H and O–H groups in total. The fraction of sp³-hybridized carbons (Fsp3) is 0. The first kappa shape index (κ1) is 26.8. The van der Waals surface area contributed by atoms with Crippen LogP contribution in [0.1, 0.15) is 0 Å². The lowest BCUT2D eigenvalue weighted by Gasteiger charge is -2.13. The molecule has 48 heavy (non-hydrogen) atoms.